The molecule has 0 aromatic heterocycles. The van der Waals surface area contributed by atoms with E-state index in [4.69, 9.17) is 4.74 Å². The van der Waals surface area contributed by atoms with Gasteiger partial charge >= 0.3 is 5.97 Å². The van der Waals surface area contributed by atoms with E-state index < -0.39 is 5.60 Å². The highest BCUT2D eigenvalue weighted by Gasteiger charge is 2.35. The normalized spacial score (nSPS) is 20.8. The zero-order valence-electron chi connectivity index (χ0n) is 12.0. The summed E-state index contributed by atoms with van der Waals surface area (Å²) >= 11 is 0. The van der Waals surface area contributed by atoms with Crippen LogP contribution in [0.3, 0.4) is 0 Å². The van der Waals surface area contributed by atoms with E-state index >= 15 is 0 Å². The van der Waals surface area contributed by atoms with Crippen LogP contribution < -0.4 is 0 Å². The van der Waals surface area contributed by atoms with Gasteiger partial charge in [0.25, 0.3) is 0 Å². The molecular formula is C13H24N2O3. The minimum Gasteiger partial charge on any atom is -0.459 e. The molecule has 0 N–H and O–H groups in total. The second kappa shape index (κ2) is 5.69. The molecule has 1 atom stereocenters. The van der Waals surface area contributed by atoms with Crippen LogP contribution in [0.25, 0.3) is 0 Å². The largest absolute Gasteiger partial charge is 0.459 e. The lowest BCUT2D eigenvalue weighted by molar-refractivity contribution is -0.160. The van der Waals surface area contributed by atoms with Crippen molar-refractivity contribution in [3.05, 3.63) is 0 Å². The summed E-state index contributed by atoms with van der Waals surface area (Å²) < 4.78 is 5.39. The second-order valence-corrected chi connectivity index (χ2v) is 5.95. The van der Waals surface area contributed by atoms with E-state index in [0.717, 1.165) is 19.4 Å². The molecular weight excluding hydrogens is 232 g/mol. The Morgan fingerprint density at radius 1 is 1.33 bits per heavy atom. The van der Waals surface area contributed by atoms with Crippen LogP contribution in [0.5, 0.6) is 0 Å². The summed E-state index contributed by atoms with van der Waals surface area (Å²) in [6.45, 7) is 6.64. The van der Waals surface area contributed by atoms with E-state index in [0.29, 0.717) is 0 Å². The molecule has 0 aromatic rings. The molecule has 1 heterocycles. The molecule has 18 heavy (non-hydrogen) atoms. The molecule has 0 aliphatic carbocycles. The fraction of sp³-hybridized carbons (Fsp3) is 0.846. The van der Waals surface area contributed by atoms with Crippen LogP contribution in [0.4, 0.5) is 0 Å². The van der Waals surface area contributed by atoms with Crippen molar-refractivity contribution < 1.29 is 14.3 Å². The van der Waals surface area contributed by atoms with E-state index in [1.807, 2.05) is 25.7 Å². The van der Waals surface area contributed by atoms with Crippen molar-refractivity contribution in [3.63, 3.8) is 0 Å². The highest BCUT2D eigenvalue weighted by Crippen LogP contribution is 2.20. The Hall–Kier alpha value is -1.10. The van der Waals surface area contributed by atoms with Gasteiger partial charge in [-0.1, -0.05) is 0 Å². The first kappa shape index (κ1) is 15.0. The lowest BCUT2D eigenvalue weighted by atomic mass is 10.1. The highest BCUT2D eigenvalue weighted by atomic mass is 16.6. The van der Waals surface area contributed by atoms with Gasteiger partial charge in [0, 0.05) is 14.1 Å². The minimum atomic E-state index is -0.475. The molecule has 5 nitrogen and oxygen atoms in total. The third-order valence-electron chi connectivity index (χ3n) is 2.88. The van der Waals surface area contributed by atoms with Crippen molar-refractivity contribution >= 4 is 11.9 Å². The van der Waals surface area contributed by atoms with Crippen LogP contribution in [0.15, 0.2) is 0 Å². The number of likely N-dealkylation sites (N-methyl/N-ethyl adjacent to an activating group) is 1. The number of hydrogen-bond donors (Lipinski definition) is 0. The van der Waals surface area contributed by atoms with Crippen LogP contribution in [0, 0.1) is 0 Å². The lowest BCUT2D eigenvalue weighted by Gasteiger charge is -2.27. The number of hydrogen-bond acceptors (Lipinski definition) is 4. The molecule has 5 heteroatoms. The number of amides is 1. The monoisotopic (exact) mass is 256 g/mol. The van der Waals surface area contributed by atoms with E-state index in [2.05, 4.69) is 0 Å². The van der Waals surface area contributed by atoms with E-state index in [9.17, 15) is 9.59 Å². The van der Waals surface area contributed by atoms with Gasteiger partial charge in [-0.05, 0) is 40.2 Å². The first-order valence-electron chi connectivity index (χ1n) is 6.38. The summed E-state index contributed by atoms with van der Waals surface area (Å²) in [4.78, 5) is 27.2. The Balaban J connectivity index is 2.59. The van der Waals surface area contributed by atoms with Gasteiger partial charge in [-0.25, -0.2) is 0 Å². The fourth-order valence-electron chi connectivity index (χ4n) is 1.97. The molecule has 0 saturated carbocycles. The zero-order chi connectivity index (χ0) is 13.9. The van der Waals surface area contributed by atoms with Crippen LogP contribution >= 0.6 is 0 Å². The molecule has 1 saturated heterocycles. The lowest BCUT2D eigenvalue weighted by Crippen LogP contribution is -2.44. The fourth-order valence-corrected chi connectivity index (χ4v) is 1.97. The summed E-state index contributed by atoms with van der Waals surface area (Å²) in [6.07, 6.45) is 1.71. The standard InChI is InChI=1S/C13H24N2O3/c1-13(2,3)18-12(17)10-7-6-8-15(10)9-11(16)14(4)5/h10H,6-9H2,1-5H3/t10-/m1/s1. The average molecular weight is 256 g/mol. The Kier molecular flexibility index (Phi) is 4.73. The van der Waals surface area contributed by atoms with Crippen LogP contribution in [-0.2, 0) is 14.3 Å². The van der Waals surface area contributed by atoms with Gasteiger partial charge < -0.3 is 9.64 Å². The topological polar surface area (TPSA) is 49.9 Å². The van der Waals surface area contributed by atoms with E-state index in [1.165, 1.54) is 0 Å². The van der Waals surface area contributed by atoms with Gasteiger partial charge in [-0.3, -0.25) is 14.5 Å². The van der Waals surface area contributed by atoms with Crippen molar-refractivity contribution in [2.75, 3.05) is 27.2 Å². The van der Waals surface area contributed by atoms with E-state index in [-0.39, 0.29) is 24.5 Å². The van der Waals surface area contributed by atoms with Crippen molar-refractivity contribution in [2.45, 2.75) is 45.3 Å². The van der Waals surface area contributed by atoms with Gasteiger partial charge in [0.1, 0.15) is 11.6 Å². The molecule has 0 spiro atoms. The molecule has 0 radical (unpaired) electrons. The summed E-state index contributed by atoms with van der Waals surface area (Å²) in [6, 6.07) is -0.270. The maximum absolute atomic E-state index is 12.0. The third-order valence-corrected chi connectivity index (χ3v) is 2.88. The molecule has 0 unspecified atom stereocenters. The summed E-state index contributed by atoms with van der Waals surface area (Å²) in [5, 5.41) is 0. The number of nitrogens with zero attached hydrogens (tertiary/aromatic N) is 2. The first-order valence-corrected chi connectivity index (χ1v) is 6.38. The maximum atomic E-state index is 12.0. The smallest absolute Gasteiger partial charge is 0.323 e. The highest BCUT2D eigenvalue weighted by molar-refractivity contribution is 5.80. The molecule has 1 amide bonds. The number of rotatable bonds is 3. The van der Waals surface area contributed by atoms with Crippen molar-refractivity contribution in [3.8, 4) is 0 Å². The van der Waals surface area contributed by atoms with Gasteiger partial charge in [0.15, 0.2) is 0 Å². The number of carbonyl (C=O) groups excluding carboxylic acids is 2. The Morgan fingerprint density at radius 3 is 2.44 bits per heavy atom. The molecule has 1 aliphatic heterocycles. The van der Waals surface area contributed by atoms with Gasteiger partial charge in [-0.15, -0.1) is 0 Å². The quantitative estimate of drug-likeness (QED) is 0.703. The number of esters is 1. The molecule has 1 aliphatic rings. The van der Waals surface area contributed by atoms with Crippen LogP contribution in [0.2, 0.25) is 0 Å². The van der Waals surface area contributed by atoms with Crippen molar-refractivity contribution in [2.24, 2.45) is 0 Å². The number of ether oxygens (including phenoxy) is 1. The summed E-state index contributed by atoms with van der Waals surface area (Å²) in [5.41, 5.74) is -0.475. The molecule has 104 valence electrons. The van der Waals surface area contributed by atoms with Gasteiger partial charge in [-0.2, -0.15) is 0 Å². The SMILES string of the molecule is CN(C)C(=O)CN1CCC[C@@H]1C(=O)OC(C)(C)C. The number of carbonyl (C=O) groups is 2. The third kappa shape index (κ3) is 4.29. The van der Waals surface area contributed by atoms with Gasteiger partial charge in [0.2, 0.25) is 5.91 Å². The van der Waals surface area contributed by atoms with Gasteiger partial charge in [0.05, 0.1) is 6.54 Å². The van der Waals surface area contributed by atoms with E-state index in [1.54, 1.807) is 19.0 Å². The summed E-state index contributed by atoms with van der Waals surface area (Å²) in [5.74, 6) is -0.197. The molecule has 0 bridgehead atoms. The predicted molar refractivity (Wildman–Crippen MR) is 69.1 cm³/mol. The minimum absolute atomic E-state index is 0.0189. The van der Waals surface area contributed by atoms with Crippen molar-refractivity contribution in [1.82, 2.24) is 9.80 Å². The average Bonchev–Trinajstić information content (AvgIpc) is 2.62. The number of likely N-dealkylation sites (tertiary alicyclic amines) is 1. The second-order valence-electron chi connectivity index (χ2n) is 5.95. The molecule has 1 rings (SSSR count). The molecule has 1 fully saturated rings. The Labute approximate surface area is 109 Å². The zero-order valence-corrected chi connectivity index (χ0v) is 12.0. The summed E-state index contributed by atoms with van der Waals surface area (Å²) in [7, 11) is 3.45. The van der Waals surface area contributed by atoms with Crippen molar-refractivity contribution in [1.29, 1.82) is 0 Å². The van der Waals surface area contributed by atoms with Crippen LogP contribution in [-0.4, -0.2) is 60.5 Å². The maximum Gasteiger partial charge on any atom is 0.323 e. The Morgan fingerprint density at radius 2 is 1.94 bits per heavy atom. The predicted octanol–water partition coefficient (Wildman–Crippen LogP) is 0.881. The Bertz CT molecular complexity index is 321. The molecule has 0 aromatic carbocycles. The first-order chi connectivity index (χ1) is 8.20. The van der Waals surface area contributed by atoms with Crippen LogP contribution in [0.1, 0.15) is 33.6 Å².